The first kappa shape index (κ1) is 19.0. The van der Waals surface area contributed by atoms with Gasteiger partial charge in [-0.05, 0) is 90.0 Å². The molecule has 0 fully saturated rings. The molecule has 1 aromatic heterocycles. The van der Waals surface area contributed by atoms with E-state index in [1.165, 1.54) is 0 Å². The second-order valence-corrected chi connectivity index (χ2v) is 8.12. The lowest BCUT2D eigenvalue weighted by Gasteiger charge is -2.08. The van der Waals surface area contributed by atoms with Crippen LogP contribution in [-0.4, -0.2) is 10.9 Å². The summed E-state index contributed by atoms with van der Waals surface area (Å²) in [5.74, 6) is 0.248. The van der Waals surface area contributed by atoms with Crippen LogP contribution in [0.2, 0.25) is 5.02 Å². The zero-order valence-corrected chi connectivity index (χ0v) is 18.1. The predicted molar refractivity (Wildman–Crippen MR) is 121 cm³/mol. The summed E-state index contributed by atoms with van der Waals surface area (Å²) in [4.78, 5) is 17.2. The topological polar surface area (TPSA) is 55.1 Å². The minimum atomic E-state index is -0.179. The Morgan fingerprint density at radius 3 is 2.61 bits per heavy atom. The van der Waals surface area contributed by atoms with Crippen molar-refractivity contribution < 1.29 is 9.21 Å². The summed E-state index contributed by atoms with van der Waals surface area (Å²) < 4.78 is 6.81. The first-order valence-electron chi connectivity index (χ1n) is 8.66. The third-order valence-electron chi connectivity index (χ3n) is 4.58. The van der Waals surface area contributed by atoms with Gasteiger partial charge in [-0.2, -0.15) is 0 Å². The lowest BCUT2D eigenvalue weighted by Crippen LogP contribution is -2.13. The van der Waals surface area contributed by atoms with Crippen molar-refractivity contribution in [3.8, 4) is 11.5 Å². The number of rotatable bonds is 3. The molecule has 1 heterocycles. The second kappa shape index (κ2) is 7.56. The van der Waals surface area contributed by atoms with E-state index in [0.717, 1.165) is 20.2 Å². The number of anilines is 1. The summed E-state index contributed by atoms with van der Waals surface area (Å²) in [6.45, 7) is 4.07. The number of nitrogens with zero attached hydrogens (tertiary/aromatic N) is 1. The zero-order valence-electron chi connectivity index (χ0n) is 15.2. The Morgan fingerprint density at radius 1 is 1.07 bits per heavy atom. The van der Waals surface area contributed by atoms with Crippen molar-refractivity contribution in [1.29, 1.82) is 0 Å². The van der Waals surface area contributed by atoms with E-state index in [-0.39, 0.29) is 5.91 Å². The van der Waals surface area contributed by atoms with Gasteiger partial charge in [-0.1, -0.05) is 23.7 Å². The van der Waals surface area contributed by atoms with Gasteiger partial charge in [0.05, 0.1) is 16.1 Å². The first-order chi connectivity index (χ1) is 13.4. The third-order valence-corrected chi connectivity index (χ3v) is 5.85. The number of hydrogen-bond acceptors (Lipinski definition) is 3. The van der Waals surface area contributed by atoms with Gasteiger partial charge >= 0.3 is 0 Å². The van der Waals surface area contributed by atoms with E-state index in [4.69, 9.17) is 16.0 Å². The maximum atomic E-state index is 12.6. The molecule has 0 aliphatic carbocycles. The van der Waals surface area contributed by atoms with E-state index in [0.29, 0.717) is 33.3 Å². The summed E-state index contributed by atoms with van der Waals surface area (Å²) in [5.41, 5.74) is 5.65. The monoisotopic (exact) mass is 502 g/mol. The molecular weight excluding hydrogens is 487 g/mol. The van der Waals surface area contributed by atoms with Crippen LogP contribution in [0.25, 0.3) is 22.6 Å². The number of nitrogens with one attached hydrogen (secondary N) is 1. The van der Waals surface area contributed by atoms with E-state index >= 15 is 0 Å². The highest BCUT2D eigenvalue weighted by Gasteiger charge is 2.15. The quantitative estimate of drug-likeness (QED) is 0.320. The lowest BCUT2D eigenvalue weighted by atomic mass is 10.1. The highest BCUT2D eigenvalue weighted by molar-refractivity contribution is 14.1. The van der Waals surface area contributed by atoms with Crippen LogP contribution in [0, 0.1) is 17.4 Å². The molecule has 4 aromatic rings. The van der Waals surface area contributed by atoms with Crippen molar-refractivity contribution in [3.05, 3.63) is 79.9 Å². The molecule has 0 aliphatic rings. The minimum Gasteiger partial charge on any atom is -0.436 e. The van der Waals surface area contributed by atoms with Crippen molar-refractivity contribution >= 4 is 56.9 Å². The number of aromatic nitrogens is 1. The molecule has 28 heavy (non-hydrogen) atoms. The molecule has 1 N–H and O–H groups in total. The number of oxazole rings is 1. The lowest BCUT2D eigenvalue weighted by molar-refractivity contribution is 0.102. The molecule has 4 rings (SSSR count). The van der Waals surface area contributed by atoms with E-state index < -0.39 is 0 Å². The van der Waals surface area contributed by atoms with Crippen LogP contribution < -0.4 is 5.32 Å². The molecule has 0 radical (unpaired) electrons. The van der Waals surface area contributed by atoms with Crippen LogP contribution in [0.5, 0.6) is 0 Å². The van der Waals surface area contributed by atoms with Crippen LogP contribution in [0.3, 0.4) is 0 Å². The summed E-state index contributed by atoms with van der Waals surface area (Å²) in [6, 6.07) is 16.7. The number of fused-ring (bicyclic) bond motifs is 1. The van der Waals surface area contributed by atoms with Gasteiger partial charge < -0.3 is 9.73 Å². The van der Waals surface area contributed by atoms with Crippen molar-refractivity contribution in [2.75, 3.05) is 5.32 Å². The normalized spacial score (nSPS) is 11.0. The van der Waals surface area contributed by atoms with E-state index in [2.05, 4.69) is 32.9 Å². The van der Waals surface area contributed by atoms with Gasteiger partial charge in [0, 0.05) is 9.26 Å². The molecule has 0 aliphatic heterocycles. The van der Waals surface area contributed by atoms with Crippen molar-refractivity contribution in [2.45, 2.75) is 13.8 Å². The Labute approximate surface area is 181 Å². The van der Waals surface area contributed by atoms with Gasteiger partial charge in [-0.15, -0.1) is 0 Å². The van der Waals surface area contributed by atoms with E-state index in [9.17, 15) is 4.79 Å². The molecule has 0 bridgehead atoms. The van der Waals surface area contributed by atoms with Crippen molar-refractivity contribution in [2.24, 2.45) is 0 Å². The SMILES string of the molecule is Cc1cc2nc(-c3cc(NC(=O)c4ccccc4I)ccc3Cl)oc2cc1C. The fourth-order valence-corrected chi connectivity index (χ4v) is 3.74. The maximum absolute atomic E-state index is 12.6. The second-order valence-electron chi connectivity index (χ2n) is 6.55. The fraction of sp³-hybridized carbons (Fsp3) is 0.0909. The Balaban J connectivity index is 1.70. The van der Waals surface area contributed by atoms with Crippen molar-refractivity contribution in [1.82, 2.24) is 4.98 Å². The number of amides is 1. The van der Waals surface area contributed by atoms with Crippen molar-refractivity contribution in [3.63, 3.8) is 0 Å². The van der Waals surface area contributed by atoms with Crippen LogP contribution in [0.15, 0.2) is 59.0 Å². The Kier molecular flexibility index (Phi) is 5.12. The average Bonchev–Trinajstić information content (AvgIpc) is 3.06. The predicted octanol–water partition coefficient (Wildman–Crippen LogP) is 6.62. The minimum absolute atomic E-state index is 0.179. The van der Waals surface area contributed by atoms with E-state index in [1.807, 2.05) is 44.2 Å². The van der Waals surface area contributed by atoms with Crippen LogP contribution in [0.1, 0.15) is 21.5 Å². The smallest absolute Gasteiger partial charge is 0.256 e. The molecule has 3 aromatic carbocycles. The van der Waals surface area contributed by atoms with Gasteiger partial charge in [0.2, 0.25) is 5.89 Å². The van der Waals surface area contributed by atoms with Crippen LogP contribution >= 0.6 is 34.2 Å². The average molecular weight is 503 g/mol. The number of carbonyl (C=O) groups is 1. The van der Waals surface area contributed by atoms with Gasteiger partial charge in [-0.3, -0.25) is 4.79 Å². The fourth-order valence-electron chi connectivity index (χ4n) is 2.91. The molecule has 0 unspecified atom stereocenters. The van der Waals surface area contributed by atoms with Crippen LogP contribution in [0.4, 0.5) is 5.69 Å². The molecule has 0 spiro atoms. The highest BCUT2D eigenvalue weighted by Crippen LogP contribution is 2.33. The standard InChI is InChI=1S/C22H16ClIN2O2/c1-12-9-19-20(10-13(12)2)28-22(26-19)16-11-14(7-8-17(16)23)25-21(27)15-5-3-4-6-18(15)24/h3-11H,1-2H3,(H,25,27). The highest BCUT2D eigenvalue weighted by atomic mass is 127. The number of carbonyl (C=O) groups excluding carboxylic acids is 1. The first-order valence-corrected chi connectivity index (χ1v) is 10.1. The van der Waals surface area contributed by atoms with Crippen LogP contribution in [-0.2, 0) is 0 Å². The Hall–Kier alpha value is -2.38. The molecule has 140 valence electrons. The summed E-state index contributed by atoms with van der Waals surface area (Å²) in [5, 5.41) is 3.42. The Bertz CT molecular complexity index is 1180. The number of hydrogen-bond donors (Lipinski definition) is 1. The van der Waals surface area contributed by atoms with Gasteiger partial charge in [0.1, 0.15) is 5.52 Å². The summed E-state index contributed by atoms with van der Waals surface area (Å²) >= 11 is 8.53. The Morgan fingerprint density at radius 2 is 1.82 bits per heavy atom. The summed E-state index contributed by atoms with van der Waals surface area (Å²) in [6.07, 6.45) is 0. The summed E-state index contributed by atoms with van der Waals surface area (Å²) in [7, 11) is 0. The molecular formula is C22H16ClIN2O2. The molecule has 1 amide bonds. The number of benzene rings is 3. The largest absolute Gasteiger partial charge is 0.436 e. The third kappa shape index (κ3) is 3.64. The number of aryl methyl sites for hydroxylation is 2. The molecule has 4 nitrogen and oxygen atoms in total. The molecule has 0 saturated carbocycles. The van der Waals surface area contributed by atoms with Gasteiger partial charge in [0.15, 0.2) is 5.58 Å². The van der Waals surface area contributed by atoms with E-state index in [1.54, 1.807) is 24.3 Å². The zero-order chi connectivity index (χ0) is 19.8. The van der Waals surface area contributed by atoms with Gasteiger partial charge in [-0.25, -0.2) is 4.98 Å². The van der Waals surface area contributed by atoms with Gasteiger partial charge in [0.25, 0.3) is 5.91 Å². The molecule has 0 saturated heterocycles. The number of halogens is 2. The molecule has 6 heteroatoms. The molecule has 0 atom stereocenters. The maximum Gasteiger partial charge on any atom is 0.256 e.